The number of benzene rings is 1. The smallest absolute Gasteiger partial charge is 0.227 e. The molecule has 0 radical (unpaired) electrons. The van der Waals surface area contributed by atoms with E-state index in [1.807, 2.05) is 6.92 Å². The molecule has 0 saturated carbocycles. The average molecular weight is 311 g/mol. The highest BCUT2D eigenvalue weighted by Crippen LogP contribution is 2.33. The quantitative estimate of drug-likeness (QED) is 0.929. The number of likely N-dealkylation sites (tertiary alicyclic amines) is 1. The van der Waals surface area contributed by atoms with E-state index in [9.17, 15) is 18.7 Å². The van der Waals surface area contributed by atoms with Crippen molar-refractivity contribution in [2.75, 3.05) is 19.7 Å². The van der Waals surface area contributed by atoms with Crippen LogP contribution in [-0.4, -0.2) is 35.6 Å². The maximum atomic E-state index is 13.9. The largest absolute Gasteiger partial charge is 0.396 e. The first kappa shape index (κ1) is 16.9. The van der Waals surface area contributed by atoms with Crippen molar-refractivity contribution in [3.8, 4) is 0 Å². The van der Waals surface area contributed by atoms with Gasteiger partial charge in [0.25, 0.3) is 0 Å². The second-order valence-electron chi connectivity index (χ2n) is 6.30. The maximum Gasteiger partial charge on any atom is 0.227 e. The number of piperidine rings is 1. The van der Waals surface area contributed by atoms with Gasteiger partial charge in [0.2, 0.25) is 5.91 Å². The molecular formula is C17H23F2NO2. The summed E-state index contributed by atoms with van der Waals surface area (Å²) in [5.41, 5.74) is 0.0621. The van der Waals surface area contributed by atoms with Crippen LogP contribution in [0.25, 0.3) is 0 Å². The summed E-state index contributed by atoms with van der Waals surface area (Å²) >= 11 is 0. The van der Waals surface area contributed by atoms with Crippen molar-refractivity contribution in [3.63, 3.8) is 0 Å². The summed E-state index contributed by atoms with van der Waals surface area (Å²) in [5.74, 6) is -1.26. The van der Waals surface area contributed by atoms with Gasteiger partial charge in [-0.25, -0.2) is 8.78 Å². The standard InChI is InChI=1S/C17H23F2NO2/c1-3-17(11-21)5-4-6-20(10-17)16(22)9-13-8-14(18)12(2)7-15(13)19/h7-8,21H,3-6,9-11H2,1-2H3. The molecular weight excluding hydrogens is 288 g/mol. The second kappa shape index (κ2) is 6.73. The number of hydrogen-bond donors (Lipinski definition) is 1. The minimum atomic E-state index is -0.548. The monoisotopic (exact) mass is 311 g/mol. The number of carbonyl (C=O) groups is 1. The molecule has 122 valence electrons. The Kier molecular flexibility index (Phi) is 5.16. The van der Waals surface area contributed by atoms with Crippen LogP contribution in [0.15, 0.2) is 12.1 Å². The minimum Gasteiger partial charge on any atom is -0.396 e. The molecule has 1 aromatic carbocycles. The fourth-order valence-corrected chi connectivity index (χ4v) is 3.05. The van der Waals surface area contributed by atoms with E-state index in [1.165, 1.54) is 6.92 Å². The van der Waals surface area contributed by atoms with Crippen molar-refractivity contribution < 1.29 is 18.7 Å². The number of aliphatic hydroxyl groups is 1. The van der Waals surface area contributed by atoms with Crippen LogP contribution in [0.4, 0.5) is 8.78 Å². The van der Waals surface area contributed by atoms with Gasteiger partial charge >= 0.3 is 0 Å². The van der Waals surface area contributed by atoms with Crippen LogP contribution < -0.4 is 0 Å². The predicted molar refractivity (Wildman–Crippen MR) is 80.4 cm³/mol. The molecule has 2 rings (SSSR count). The van der Waals surface area contributed by atoms with Crippen LogP contribution in [0.2, 0.25) is 0 Å². The molecule has 1 aliphatic heterocycles. The summed E-state index contributed by atoms with van der Waals surface area (Å²) in [6.07, 6.45) is 2.36. The summed E-state index contributed by atoms with van der Waals surface area (Å²) < 4.78 is 27.4. The van der Waals surface area contributed by atoms with Crippen LogP contribution in [0.3, 0.4) is 0 Å². The van der Waals surface area contributed by atoms with Gasteiger partial charge in [-0.1, -0.05) is 6.92 Å². The normalized spacial score (nSPS) is 22.0. The lowest BCUT2D eigenvalue weighted by atomic mass is 9.78. The van der Waals surface area contributed by atoms with Gasteiger partial charge in [0.05, 0.1) is 13.0 Å². The minimum absolute atomic E-state index is 0.0425. The van der Waals surface area contributed by atoms with Crippen molar-refractivity contribution in [1.29, 1.82) is 0 Å². The van der Waals surface area contributed by atoms with Crippen LogP contribution in [0.1, 0.15) is 37.3 Å². The third kappa shape index (κ3) is 3.46. The van der Waals surface area contributed by atoms with Crippen LogP contribution in [0.5, 0.6) is 0 Å². The zero-order valence-corrected chi connectivity index (χ0v) is 13.2. The lowest BCUT2D eigenvalue weighted by Gasteiger charge is -2.41. The third-order valence-corrected chi connectivity index (χ3v) is 4.77. The molecule has 1 atom stereocenters. The molecule has 1 aromatic rings. The van der Waals surface area contributed by atoms with Crippen molar-refractivity contribution in [2.45, 2.75) is 39.5 Å². The molecule has 5 heteroatoms. The molecule has 1 aliphatic rings. The Morgan fingerprint density at radius 2 is 2.09 bits per heavy atom. The molecule has 22 heavy (non-hydrogen) atoms. The lowest BCUT2D eigenvalue weighted by molar-refractivity contribution is -0.135. The summed E-state index contributed by atoms with van der Waals surface area (Å²) in [7, 11) is 0. The van der Waals surface area contributed by atoms with Gasteiger partial charge in [0.1, 0.15) is 11.6 Å². The van der Waals surface area contributed by atoms with Gasteiger partial charge in [-0.2, -0.15) is 0 Å². The Labute approximate surface area is 129 Å². The van der Waals surface area contributed by atoms with Crippen LogP contribution in [-0.2, 0) is 11.2 Å². The Morgan fingerprint density at radius 3 is 2.73 bits per heavy atom. The number of aryl methyl sites for hydroxylation is 1. The van der Waals surface area contributed by atoms with Crippen molar-refractivity contribution in [3.05, 3.63) is 34.9 Å². The number of carbonyl (C=O) groups excluding carboxylic acids is 1. The molecule has 3 nitrogen and oxygen atoms in total. The number of aliphatic hydroxyl groups excluding tert-OH is 1. The molecule has 0 aliphatic carbocycles. The first-order valence-electron chi connectivity index (χ1n) is 7.74. The first-order chi connectivity index (χ1) is 10.4. The highest BCUT2D eigenvalue weighted by molar-refractivity contribution is 5.79. The van der Waals surface area contributed by atoms with Gasteiger partial charge in [-0.3, -0.25) is 4.79 Å². The molecule has 0 aromatic heterocycles. The van der Waals surface area contributed by atoms with E-state index < -0.39 is 11.6 Å². The lowest BCUT2D eigenvalue weighted by Crippen LogP contribution is -2.48. The van der Waals surface area contributed by atoms with Crippen molar-refractivity contribution >= 4 is 5.91 Å². The van der Waals surface area contributed by atoms with Crippen molar-refractivity contribution in [2.24, 2.45) is 5.41 Å². The Hall–Kier alpha value is -1.49. The van der Waals surface area contributed by atoms with Gasteiger partial charge in [-0.05, 0) is 43.9 Å². The second-order valence-corrected chi connectivity index (χ2v) is 6.30. The van der Waals surface area contributed by atoms with Gasteiger partial charge in [0, 0.05) is 24.1 Å². The Balaban J connectivity index is 2.11. The number of halogens is 2. The SMILES string of the molecule is CCC1(CO)CCCN(C(=O)Cc2cc(F)c(C)cc2F)C1. The summed E-state index contributed by atoms with van der Waals surface area (Å²) in [6, 6.07) is 2.23. The molecule has 1 amide bonds. The predicted octanol–water partition coefficient (Wildman–Crippen LogP) is 2.83. The number of rotatable bonds is 4. The Bertz CT molecular complexity index is 556. The number of hydrogen-bond acceptors (Lipinski definition) is 2. The summed E-state index contributed by atoms with van der Waals surface area (Å²) in [4.78, 5) is 14.1. The van der Waals surface area contributed by atoms with E-state index in [4.69, 9.17) is 0 Å². The summed E-state index contributed by atoms with van der Waals surface area (Å²) in [5, 5.41) is 9.59. The molecule has 0 bridgehead atoms. The number of nitrogens with zero attached hydrogens (tertiary/aromatic N) is 1. The fraction of sp³-hybridized carbons (Fsp3) is 0.588. The zero-order valence-electron chi connectivity index (χ0n) is 13.2. The maximum absolute atomic E-state index is 13.9. The molecule has 1 unspecified atom stereocenters. The van der Waals surface area contributed by atoms with E-state index in [0.717, 1.165) is 31.4 Å². The van der Waals surface area contributed by atoms with Crippen LogP contribution in [0, 0.1) is 24.0 Å². The van der Waals surface area contributed by atoms with E-state index in [0.29, 0.717) is 13.1 Å². The van der Waals surface area contributed by atoms with Crippen LogP contribution >= 0.6 is 0 Å². The highest BCUT2D eigenvalue weighted by atomic mass is 19.1. The molecule has 1 N–H and O–H groups in total. The average Bonchev–Trinajstić information content (AvgIpc) is 2.52. The molecule has 1 heterocycles. The topological polar surface area (TPSA) is 40.5 Å². The van der Waals surface area contributed by atoms with Gasteiger partial charge < -0.3 is 10.0 Å². The third-order valence-electron chi connectivity index (χ3n) is 4.77. The molecule has 0 spiro atoms. The zero-order chi connectivity index (χ0) is 16.3. The Morgan fingerprint density at radius 1 is 1.36 bits per heavy atom. The fourth-order valence-electron chi connectivity index (χ4n) is 3.05. The van der Waals surface area contributed by atoms with E-state index in [-0.39, 0.29) is 35.5 Å². The van der Waals surface area contributed by atoms with Gasteiger partial charge in [-0.15, -0.1) is 0 Å². The van der Waals surface area contributed by atoms with Gasteiger partial charge in [0.15, 0.2) is 0 Å². The molecule has 1 fully saturated rings. The molecule has 1 saturated heterocycles. The van der Waals surface area contributed by atoms with Crippen molar-refractivity contribution in [1.82, 2.24) is 4.90 Å². The number of amides is 1. The highest BCUT2D eigenvalue weighted by Gasteiger charge is 2.35. The van der Waals surface area contributed by atoms with E-state index in [1.54, 1.807) is 4.90 Å². The van der Waals surface area contributed by atoms with E-state index in [2.05, 4.69) is 0 Å². The first-order valence-corrected chi connectivity index (χ1v) is 7.74. The van der Waals surface area contributed by atoms with E-state index >= 15 is 0 Å². The summed E-state index contributed by atoms with van der Waals surface area (Å²) in [6.45, 7) is 4.62.